The van der Waals surface area contributed by atoms with Gasteiger partial charge in [-0.3, -0.25) is 4.79 Å². The van der Waals surface area contributed by atoms with Crippen LogP contribution in [0.5, 0.6) is 5.75 Å². The molecule has 7 nitrogen and oxygen atoms in total. The van der Waals surface area contributed by atoms with E-state index in [0.717, 1.165) is 22.2 Å². The van der Waals surface area contributed by atoms with Gasteiger partial charge in [0.1, 0.15) is 34.3 Å². The molecule has 1 aromatic carbocycles. The van der Waals surface area contributed by atoms with Gasteiger partial charge in [-0.25, -0.2) is 4.98 Å². The molecular formula is C21H17N5O2S2. The number of nitrogen functional groups attached to an aromatic ring is 1. The van der Waals surface area contributed by atoms with Gasteiger partial charge in [-0.1, -0.05) is 17.8 Å². The number of aromatic nitrogens is 1. The zero-order chi connectivity index (χ0) is 21.7. The summed E-state index contributed by atoms with van der Waals surface area (Å²) in [4.78, 5) is 17.4. The first-order valence-corrected chi connectivity index (χ1v) is 10.6. The number of anilines is 2. The third-order valence-corrected chi connectivity index (χ3v) is 6.09. The number of thiophene rings is 1. The number of rotatable bonds is 6. The molecule has 0 radical (unpaired) electrons. The highest BCUT2D eigenvalue weighted by atomic mass is 32.2. The van der Waals surface area contributed by atoms with E-state index in [1.54, 1.807) is 19.2 Å². The molecule has 0 unspecified atom stereocenters. The van der Waals surface area contributed by atoms with Crippen molar-refractivity contribution < 1.29 is 9.53 Å². The molecule has 30 heavy (non-hydrogen) atoms. The molecule has 0 atom stereocenters. The lowest BCUT2D eigenvalue weighted by atomic mass is 10.0. The molecule has 9 heteroatoms. The van der Waals surface area contributed by atoms with Crippen molar-refractivity contribution in [2.24, 2.45) is 0 Å². The fraction of sp³-hybridized carbons (Fsp3) is 0.143. The summed E-state index contributed by atoms with van der Waals surface area (Å²) in [5.74, 6) is 0.521. The molecule has 3 rings (SSSR count). The van der Waals surface area contributed by atoms with Crippen molar-refractivity contribution in [3.63, 3.8) is 0 Å². The molecule has 3 N–H and O–H groups in total. The van der Waals surface area contributed by atoms with Crippen molar-refractivity contribution >= 4 is 40.5 Å². The number of pyridine rings is 1. The van der Waals surface area contributed by atoms with Crippen molar-refractivity contribution in [2.75, 3.05) is 23.9 Å². The number of nitriles is 2. The van der Waals surface area contributed by atoms with Crippen LogP contribution in [0.3, 0.4) is 0 Å². The van der Waals surface area contributed by atoms with Gasteiger partial charge in [0.2, 0.25) is 5.91 Å². The lowest BCUT2D eigenvalue weighted by Crippen LogP contribution is -2.15. The van der Waals surface area contributed by atoms with Gasteiger partial charge < -0.3 is 15.8 Å². The van der Waals surface area contributed by atoms with E-state index in [1.165, 1.54) is 11.3 Å². The van der Waals surface area contributed by atoms with Gasteiger partial charge in [0.05, 0.1) is 18.4 Å². The number of aryl methyl sites for hydroxylation is 1. The SMILES string of the molecule is COc1ccc(NC(=O)CSc2nc(N)c(C#N)c(-c3cccs3)c2C#N)c(C)c1. The Morgan fingerprint density at radius 2 is 2.07 bits per heavy atom. The molecule has 0 saturated heterocycles. The minimum absolute atomic E-state index is 0.0301. The van der Waals surface area contributed by atoms with E-state index in [4.69, 9.17) is 10.5 Å². The number of ether oxygens (including phenoxy) is 1. The maximum atomic E-state index is 12.5. The van der Waals surface area contributed by atoms with E-state index in [1.807, 2.05) is 36.6 Å². The number of methoxy groups -OCH3 is 1. The van der Waals surface area contributed by atoms with Gasteiger partial charge in [0.25, 0.3) is 0 Å². The van der Waals surface area contributed by atoms with Crippen molar-refractivity contribution in [3.8, 4) is 28.3 Å². The first-order valence-electron chi connectivity index (χ1n) is 8.73. The Kier molecular flexibility index (Phi) is 6.58. The highest BCUT2D eigenvalue weighted by molar-refractivity contribution is 8.00. The number of thioether (sulfide) groups is 1. The zero-order valence-corrected chi connectivity index (χ0v) is 17.9. The van der Waals surface area contributed by atoms with Gasteiger partial charge in [0.15, 0.2) is 0 Å². The molecule has 0 aliphatic heterocycles. The van der Waals surface area contributed by atoms with Crippen molar-refractivity contribution in [1.82, 2.24) is 4.98 Å². The molecule has 0 aliphatic rings. The average Bonchev–Trinajstić information content (AvgIpc) is 3.27. The minimum atomic E-state index is -0.250. The van der Waals surface area contributed by atoms with Gasteiger partial charge in [-0.05, 0) is 42.1 Å². The fourth-order valence-corrected chi connectivity index (χ4v) is 4.37. The van der Waals surface area contributed by atoms with Crippen LogP contribution in [0.4, 0.5) is 11.5 Å². The smallest absolute Gasteiger partial charge is 0.234 e. The van der Waals surface area contributed by atoms with Crippen molar-refractivity contribution in [2.45, 2.75) is 11.9 Å². The van der Waals surface area contributed by atoms with E-state index in [0.29, 0.717) is 22.0 Å². The normalized spacial score (nSPS) is 10.1. The summed E-state index contributed by atoms with van der Waals surface area (Å²) in [5, 5.41) is 24.2. The maximum Gasteiger partial charge on any atom is 0.234 e. The van der Waals surface area contributed by atoms with Crippen LogP contribution in [-0.4, -0.2) is 23.8 Å². The summed E-state index contributed by atoms with van der Waals surface area (Å²) >= 11 is 2.50. The average molecular weight is 436 g/mol. The third kappa shape index (κ3) is 4.38. The monoisotopic (exact) mass is 435 g/mol. The number of nitrogens with one attached hydrogen (secondary N) is 1. The van der Waals surface area contributed by atoms with E-state index in [9.17, 15) is 15.3 Å². The molecule has 0 aliphatic carbocycles. The van der Waals surface area contributed by atoms with E-state index < -0.39 is 0 Å². The molecule has 3 aromatic rings. The van der Waals surface area contributed by atoms with Crippen LogP contribution in [-0.2, 0) is 4.79 Å². The number of hydrogen-bond acceptors (Lipinski definition) is 8. The Hall–Kier alpha value is -3.53. The number of carbonyl (C=O) groups is 1. The number of amides is 1. The molecule has 0 fully saturated rings. The Bertz CT molecular complexity index is 1180. The number of nitrogens with zero attached hydrogens (tertiary/aromatic N) is 3. The number of benzene rings is 1. The lowest BCUT2D eigenvalue weighted by molar-refractivity contribution is -0.113. The molecule has 2 heterocycles. The van der Waals surface area contributed by atoms with E-state index in [2.05, 4.69) is 16.4 Å². The number of hydrogen-bond donors (Lipinski definition) is 2. The Labute approximate surface area is 182 Å². The van der Waals surface area contributed by atoms with Gasteiger partial charge in [-0.15, -0.1) is 11.3 Å². The second kappa shape index (κ2) is 9.31. The predicted molar refractivity (Wildman–Crippen MR) is 118 cm³/mol. The molecule has 0 saturated carbocycles. The van der Waals surface area contributed by atoms with E-state index >= 15 is 0 Å². The van der Waals surface area contributed by atoms with Crippen molar-refractivity contribution in [1.29, 1.82) is 10.5 Å². The highest BCUT2D eigenvalue weighted by Gasteiger charge is 2.21. The van der Waals surface area contributed by atoms with Crippen LogP contribution in [0.15, 0.2) is 40.7 Å². The van der Waals surface area contributed by atoms with Gasteiger partial charge >= 0.3 is 0 Å². The standard InChI is InChI=1S/C21H17N5O2S2/c1-12-8-13(28-2)5-6-16(12)25-18(27)11-30-21-15(10-23)19(17-4-3-7-29-17)14(9-22)20(24)26-21/h3-8H,11H2,1-2H3,(H2,24,26)(H,25,27). The van der Waals surface area contributed by atoms with Crippen molar-refractivity contribution in [3.05, 3.63) is 52.4 Å². The van der Waals surface area contributed by atoms with Gasteiger partial charge in [0, 0.05) is 16.1 Å². The molecule has 0 spiro atoms. The summed E-state index contributed by atoms with van der Waals surface area (Å²) in [7, 11) is 1.58. The third-order valence-electron chi connectivity index (χ3n) is 4.23. The molecular weight excluding hydrogens is 418 g/mol. The number of nitrogens with two attached hydrogens (primary N) is 1. The summed E-state index contributed by atoms with van der Waals surface area (Å²) in [6.07, 6.45) is 0. The first kappa shape index (κ1) is 21.2. The van der Waals surface area contributed by atoms with Crippen LogP contribution in [0.1, 0.15) is 16.7 Å². The first-order chi connectivity index (χ1) is 14.5. The van der Waals surface area contributed by atoms with Crippen LogP contribution in [0.25, 0.3) is 10.4 Å². The Balaban J connectivity index is 1.84. The molecule has 2 aromatic heterocycles. The predicted octanol–water partition coefficient (Wildman–Crippen LogP) is 4.18. The van der Waals surface area contributed by atoms with E-state index in [-0.39, 0.29) is 28.6 Å². The van der Waals surface area contributed by atoms with Gasteiger partial charge in [-0.2, -0.15) is 10.5 Å². The van der Waals surface area contributed by atoms with Crippen LogP contribution in [0.2, 0.25) is 0 Å². The van der Waals surface area contributed by atoms with Crippen LogP contribution in [0, 0.1) is 29.6 Å². The second-order valence-corrected chi connectivity index (χ2v) is 8.06. The number of carbonyl (C=O) groups excluding carboxylic acids is 1. The molecule has 0 bridgehead atoms. The highest BCUT2D eigenvalue weighted by Crippen LogP contribution is 2.37. The second-order valence-electron chi connectivity index (χ2n) is 6.15. The Morgan fingerprint density at radius 3 is 2.67 bits per heavy atom. The summed E-state index contributed by atoms with van der Waals surface area (Å²) < 4.78 is 5.17. The summed E-state index contributed by atoms with van der Waals surface area (Å²) in [6.45, 7) is 1.87. The topological polar surface area (TPSA) is 125 Å². The van der Waals surface area contributed by atoms with Crippen LogP contribution < -0.4 is 15.8 Å². The summed E-state index contributed by atoms with van der Waals surface area (Å²) in [5.41, 5.74) is 8.37. The molecule has 1 amide bonds. The Morgan fingerprint density at radius 1 is 1.30 bits per heavy atom. The lowest BCUT2D eigenvalue weighted by Gasteiger charge is -2.12. The molecule has 150 valence electrons. The van der Waals surface area contributed by atoms with Crippen LogP contribution >= 0.6 is 23.1 Å². The minimum Gasteiger partial charge on any atom is -0.497 e. The fourth-order valence-electron chi connectivity index (χ4n) is 2.79. The quantitative estimate of drug-likeness (QED) is 0.556. The largest absolute Gasteiger partial charge is 0.497 e. The summed E-state index contributed by atoms with van der Waals surface area (Å²) in [6, 6.07) is 13.2. The maximum absolute atomic E-state index is 12.5. The zero-order valence-electron chi connectivity index (χ0n) is 16.2.